The van der Waals surface area contributed by atoms with Gasteiger partial charge in [0.1, 0.15) is 5.82 Å². The number of ketones is 1. The van der Waals surface area contributed by atoms with Crippen LogP contribution in [0.15, 0.2) is 18.2 Å². The van der Waals surface area contributed by atoms with Crippen molar-refractivity contribution in [1.82, 2.24) is 5.32 Å². The van der Waals surface area contributed by atoms with Crippen molar-refractivity contribution >= 4 is 5.78 Å². The van der Waals surface area contributed by atoms with Crippen molar-refractivity contribution in [1.29, 1.82) is 0 Å². The van der Waals surface area contributed by atoms with Crippen LogP contribution in [-0.2, 0) is 0 Å². The van der Waals surface area contributed by atoms with E-state index in [1.54, 1.807) is 20.9 Å². The molecule has 0 fully saturated rings. The Kier molecular flexibility index (Phi) is 3.36. The summed E-state index contributed by atoms with van der Waals surface area (Å²) in [5.74, 6) is -0.318. The lowest BCUT2D eigenvalue weighted by Crippen LogP contribution is -2.31. The summed E-state index contributed by atoms with van der Waals surface area (Å²) in [6.45, 7) is 3.52. The third-order valence-corrected chi connectivity index (χ3v) is 2.28. The van der Waals surface area contributed by atoms with E-state index in [0.29, 0.717) is 11.1 Å². The molecule has 2 nitrogen and oxygen atoms in total. The molecule has 0 bridgehead atoms. The minimum Gasteiger partial charge on any atom is -0.310 e. The summed E-state index contributed by atoms with van der Waals surface area (Å²) < 4.78 is 12.8. The molecular weight excluding hydrogens is 181 g/mol. The van der Waals surface area contributed by atoms with Crippen molar-refractivity contribution < 1.29 is 9.18 Å². The molecule has 0 aliphatic carbocycles. The predicted molar refractivity (Wildman–Crippen MR) is 54.0 cm³/mol. The quantitative estimate of drug-likeness (QED) is 0.746. The summed E-state index contributed by atoms with van der Waals surface area (Å²) >= 11 is 0. The zero-order chi connectivity index (χ0) is 10.7. The Labute approximate surface area is 83.1 Å². The summed E-state index contributed by atoms with van der Waals surface area (Å²) in [5.41, 5.74) is 1.25. The van der Waals surface area contributed by atoms with E-state index in [4.69, 9.17) is 0 Å². The number of likely N-dealkylation sites (N-methyl/N-ethyl adjacent to an activating group) is 1. The van der Waals surface area contributed by atoms with Gasteiger partial charge in [-0.3, -0.25) is 4.79 Å². The highest BCUT2D eigenvalue weighted by Crippen LogP contribution is 2.12. The Morgan fingerprint density at radius 2 is 2.14 bits per heavy atom. The highest BCUT2D eigenvalue weighted by Gasteiger charge is 2.15. The van der Waals surface area contributed by atoms with Gasteiger partial charge in [0.2, 0.25) is 0 Å². The Balaban J connectivity index is 3.02. The second-order valence-corrected chi connectivity index (χ2v) is 3.33. The zero-order valence-corrected chi connectivity index (χ0v) is 8.60. The maximum atomic E-state index is 12.8. The number of carbonyl (C=O) groups is 1. The number of nitrogens with one attached hydrogen (secondary N) is 1. The molecule has 0 aliphatic rings. The average molecular weight is 195 g/mol. The predicted octanol–water partition coefficient (Wildman–Crippen LogP) is 1.92. The molecule has 0 aliphatic heterocycles. The van der Waals surface area contributed by atoms with Gasteiger partial charge in [-0.25, -0.2) is 4.39 Å². The van der Waals surface area contributed by atoms with Crippen molar-refractivity contribution in [3.8, 4) is 0 Å². The van der Waals surface area contributed by atoms with Gasteiger partial charge in [0.15, 0.2) is 5.78 Å². The minimum absolute atomic E-state index is 0.00926. The molecule has 76 valence electrons. The van der Waals surface area contributed by atoms with Crippen molar-refractivity contribution in [2.24, 2.45) is 0 Å². The number of halogens is 1. The fraction of sp³-hybridized carbons (Fsp3) is 0.364. The number of hydrogen-bond acceptors (Lipinski definition) is 2. The number of hydrogen-bond donors (Lipinski definition) is 1. The molecule has 1 aromatic carbocycles. The third kappa shape index (κ3) is 2.17. The van der Waals surface area contributed by atoms with Crippen LogP contribution in [0.25, 0.3) is 0 Å². The molecule has 1 rings (SSSR count). The fourth-order valence-corrected chi connectivity index (χ4v) is 1.27. The van der Waals surface area contributed by atoms with E-state index >= 15 is 0 Å². The van der Waals surface area contributed by atoms with E-state index < -0.39 is 0 Å². The highest BCUT2D eigenvalue weighted by molar-refractivity contribution is 6.01. The smallest absolute Gasteiger partial charge is 0.179 e. The minimum atomic E-state index is -0.309. The van der Waals surface area contributed by atoms with Crippen LogP contribution in [0.3, 0.4) is 0 Å². The molecule has 14 heavy (non-hydrogen) atoms. The van der Waals surface area contributed by atoms with Crippen LogP contribution in [0.5, 0.6) is 0 Å². The molecule has 0 aromatic heterocycles. The summed E-state index contributed by atoms with van der Waals surface area (Å²) in [7, 11) is 1.72. The average Bonchev–Trinajstić information content (AvgIpc) is 2.15. The van der Waals surface area contributed by atoms with E-state index in [1.807, 2.05) is 0 Å². The van der Waals surface area contributed by atoms with Crippen molar-refractivity contribution in [3.05, 3.63) is 35.1 Å². The van der Waals surface area contributed by atoms with Crippen LogP contribution < -0.4 is 5.32 Å². The van der Waals surface area contributed by atoms with E-state index in [0.717, 1.165) is 0 Å². The highest BCUT2D eigenvalue weighted by atomic mass is 19.1. The van der Waals surface area contributed by atoms with Gasteiger partial charge in [-0.05, 0) is 44.7 Å². The number of rotatable bonds is 3. The summed E-state index contributed by atoms with van der Waals surface area (Å²) in [6.07, 6.45) is 0. The normalized spacial score (nSPS) is 12.6. The molecule has 1 aromatic rings. The van der Waals surface area contributed by atoms with Crippen molar-refractivity contribution in [2.45, 2.75) is 19.9 Å². The number of carbonyl (C=O) groups excluding carboxylic acids is 1. The summed E-state index contributed by atoms with van der Waals surface area (Å²) in [6, 6.07) is 3.97. The van der Waals surface area contributed by atoms with Gasteiger partial charge in [-0.1, -0.05) is 0 Å². The van der Waals surface area contributed by atoms with Crippen LogP contribution in [0, 0.1) is 12.7 Å². The Morgan fingerprint density at radius 3 is 2.64 bits per heavy atom. The lowest BCUT2D eigenvalue weighted by Gasteiger charge is -2.10. The molecule has 1 unspecified atom stereocenters. The zero-order valence-electron chi connectivity index (χ0n) is 8.60. The van der Waals surface area contributed by atoms with Crippen LogP contribution in [0.4, 0.5) is 4.39 Å². The van der Waals surface area contributed by atoms with Gasteiger partial charge in [0, 0.05) is 5.56 Å². The molecular formula is C11H14FNO. The Hall–Kier alpha value is -1.22. The second kappa shape index (κ2) is 4.33. The van der Waals surface area contributed by atoms with E-state index in [1.165, 1.54) is 18.2 Å². The number of benzene rings is 1. The number of aryl methyl sites for hydroxylation is 1. The Morgan fingerprint density at radius 1 is 1.50 bits per heavy atom. The van der Waals surface area contributed by atoms with E-state index in [9.17, 15) is 9.18 Å². The van der Waals surface area contributed by atoms with Gasteiger partial charge in [-0.15, -0.1) is 0 Å². The van der Waals surface area contributed by atoms with Gasteiger partial charge in [0.05, 0.1) is 6.04 Å². The Bertz CT molecular complexity index is 349. The van der Waals surface area contributed by atoms with Gasteiger partial charge >= 0.3 is 0 Å². The molecule has 3 heteroatoms. The first kappa shape index (κ1) is 10.9. The molecule has 0 spiro atoms. The summed E-state index contributed by atoms with van der Waals surface area (Å²) in [5, 5.41) is 2.86. The van der Waals surface area contributed by atoms with Crippen molar-refractivity contribution in [2.75, 3.05) is 7.05 Å². The van der Waals surface area contributed by atoms with Gasteiger partial charge < -0.3 is 5.32 Å². The third-order valence-electron chi connectivity index (χ3n) is 2.28. The van der Waals surface area contributed by atoms with Crippen LogP contribution in [-0.4, -0.2) is 18.9 Å². The molecule has 0 saturated heterocycles. The maximum absolute atomic E-state index is 12.8. The van der Waals surface area contributed by atoms with E-state index in [-0.39, 0.29) is 17.6 Å². The molecule has 1 atom stereocenters. The largest absolute Gasteiger partial charge is 0.310 e. The monoisotopic (exact) mass is 195 g/mol. The first-order valence-corrected chi connectivity index (χ1v) is 4.54. The van der Waals surface area contributed by atoms with Crippen LogP contribution in [0.1, 0.15) is 22.8 Å². The molecule has 0 amide bonds. The van der Waals surface area contributed by atoms with Gasteiger partial charge in [0.25, 0.3) is 0 Å². The first-order chi connectivity index (χ1) is 6.56. The molecule has 0 heterocycles. The van der Waals surface area contributed by atoms with Crippen molar-refractivity contribution in [3.63, 3.8) is 0 Å². The van der Waals surface area contributed by atoms with Crippen LogP contribution in [0.2, 0.25) is 0 Å². The standard InChI is InChI=1S/C11H14FNO/c1-7-6-9(12)4-5-10(7)11(14)8(2)13-3/h4-6,8,13H,1-3H3. The molecule has 0 saturated carbocycles. The fourth-order valence-electron chi connectivity index (χ4n) is 1.27. The molecule has 0 radical (unpaired) electrons. The maximum Gasteiger partial charge on any atom is 0.179 e. The second-order valence-electron chi connectivity index (χ2n) is 3.33. The van der Waals surface area contributed by atoms with E-state index in [2.05, 4.69) is 5.32 Å². The molecule has 1 N–H and O–H groups in total. The first-order valence-electron chi connectivity index (χ1n) is 4.54. The topological polar surface area (TPSA) is 29.1 Å². The van der Waals surface area contributed by atoms with Gasteiger partial charge in [-0.2, -0.15) is 0 Å². The van der Waals surface area contributed by atoms with Crippen LogP contribution >= 0.6 is 0 Å². The lowest BCUT2D eigenvalue weighted by molar-refractivity contribution is 0.0954. The summed E-state index contributed by atoms with van der Waals surface area (Å²) in [4.78, 5) is 11.7. The lowest BCUT2D eigenvalue weighted by atomic mass is 10.0. The SMILES string of the molecule is CNC(C)C(=O)c1ccc(F)cc1C. The number of Topliss-reactive ketones (excluding diaryl/α,β-unsaturated/α-hetero) is 1.